The smallest absolute Gasteiger partial charge is 0.407 e. The van der Waals surface area contributed by atoms with Crippen LogP contribution in [-0.4, -0.2) is 29.8 Å². The van der Waals surface area contributed by atoms with Crippen LogP contribution in [0.2, 0.25) is 0 Å². The van der Waals surface area contributed by atoms with E-state index < -0.39 is 17.7 Å². The summed E-state index contributed by atoms with van der Waals surface area (Å²) in [6.45, 7) is 11.1. The van der Waals surface area contributed by atoms with E-state index in [2.05, 4.69) is 16.7 Å². The Hall–Kier alpha value is -1.28. The lowest BCUT2D eigenvalue weighted by Gasteiger charge is -2.25. The molecule has 0 saturated carbocycles. The van der Waals surface area contributed by atoms with Gasteiger partial charge in [0.25, 0.3) is 0 Å². The monoisotopic (exact) mass is 241 g/mol. The first kappa shape index (κ1) is 15.7. The fourth-order valence-corrected chi connectivity index (χ4v) is 1.23. The number of hydrogen-bond donors (Lipinski definition) is 2. The molecule has 0 aromatic rings. The van der Waals surface area contributed by atoms with Crippen LogP contribution >= 0.6 is 0 Å². The fraction of sp³-hybridized carbons (Fsp3) is 0.833. The minimum atomic E-state index is -0.530. The van der Waals surface area contributed by atoms with Gasteiger partial charge in [-0.2, -0.15) is 5.26 Å². The number of amides is 1. The number of hydrogen-bond acceptors (Lipinski definition) is 4. The van der Waals surface area contributed by atoms with Gasteiger partial charge in [0.1, 0.15) is 11.6 Å². The molecule has 0 fully saturated rings. The predicted octanol–water partition coefficient (Wildman–Crippen LogP) is 1.79. The van der Waals surface area contributed by atoms with Crippen molar-refractivity contribution in [2.75, 3.05) is 0 Å². The summed E-state index contributed by atoms with van der Waals surface area (Å²) in [5, 5.41) is 14.7. The zero-order valence-corrected chi connectivity index (χ0v) is 11.5. The van der Waals surface area contributed by atoms with E-state index in [0.29, 0.717) is 0 Å². The molecule has 17 heavy (non-hydrogen) atoms. The molecular formula is C12H23N3O2. The molecule has 0 rings (SSSR count). The van der Waals surface area contributed by atoms with Crippen molar-refractivity contribution in [3.05, 3.63) is 0 Å². The van der Waals surface area contributed by atoms with Gasteiger partial charge < -0.3 is 10.1 Å². The lowest BCUT2D eigenvalue weighted by atomic mass is 10.1. The summed E-state index contributed by atoms with van der Waals surface area (Å²) in [5.74, 6) is 0. The predicted molar refractivity (Wildman–Crippen MR) is 66.5 cm³/mol. The maximum atomic E-state index is 11.5. The van der Waals surface area contributed by atoms with E-state index in [4.69, 9.17) is 10.00 Å². The molecule has 0 bridgehead atoms. The first-order valence-electron chi connectivity index (χ1n) is 5.81. The van der Waals surface area contributed by atoms with E-state index in [9.17, 15) is 4.79 Å². The number of nitriles is 1. The zero-order chi connectivity index (χ0) is 13.6. The first-order chi connectivity index (χ1) is 7.65. The molecule has 2 atom stereocenters. The molecule has 0 aromatic carbocycles. The van der Waals surface area contributed by atoms with Gasteiger partial charge in [-0.15, -0.1) is 0 Å². The van der Waals surface area contributed by atoms with Crippen molar-refractivity contribution in [3.8, 4) is 6.07 Å². The Morgan fingerprint density at radius 2 is 1.82 bits per heavy atom. The quantitative estimate of drug-likeness (QED) is 0.787. The van der Waals surface area contributed by atoms with E-state index in [-0.39, 0.29) is 12.1 Å². The van der Waals surface area contributed by atoms with E-state index in [1.807, 2.05) is 13.8 Å². The van der Waals surface area contributed by atoms with Crippen LogP contribution in [0.4, 0.5) is 4.79 Å². The summed E-state index contributed by atoms with van der Waals surface area (Å²) in [5.41, 5.74) is -0.530. The summed E-state index contributed by atoms with van der Waals surface area (Å²) in [6, 6.07) is 1.57. The minimum absolute atomic E-state index is 0.183. The Bertz CT molecular complexity index is 289. The van der Waals surface area contributed by atoms with Crippen LogP contribution < -0.4 is 10.6 Å². The number of ether oxygens (including phenoxy) is 1. The molecule has 0 aromatic heterocycles. The molecular weight excluding hydrogens is 218 g/mol. The van der Waals surface area contributed by atoms with E-state index in [1.54, 1.807) is 27.7 Å². The van der Waals surface area contributed by atoms with Crippen LogP contribution in [0.5, 0.6) is 0 Å². The molecule has 0 aliphatic carbocycles. The molecule has 2 N–H and O–H groups in total. The molecule has 98 valence electrons. The van der Waals surface area contributed by atoms with Crippen molar-refractivity contribution in [3.63, 3.8) is 0 Å². The average molecular weight is 241 g/mol. The molecule has 0 aliphatic heterocycles. The minimum Gasteiger partial charge on any atom is -0.444 e. The lowest BCUT2D eigenvalue weighted by Crippen LogP contribution is -2.50. The van der Waals surface area contributed by atoms with E-state index in [0.717, 1.165) is 0 Å². The number of alkyl carbamates (subject to hydrolysis) is 1. The normalized spacial score (nSPS) is 14.9. The number of rotatable bonds is 4. The maximum absolute atomic E-state index is 11.5. The van der Waals surface area contributed by atoms with Crippen molar-refractivity contribution < 1.29 is 9.53 Å². The molecule has 5 heteroatoms. The Kier molecular flexibility index (Phi) is 5.97. The highest BCUT2D eigenvalue weighted by Gasteiger charge is 2.22. The molecule has 1 amide bonds. The number of carbonyl (C=O) groups is 1. The Morgan fingerprint density at radius 1 is 1.29 bits per heavy atom. The zero-order valence-electron chi connectivity index (χ0n) is 11.5. The maximum Gasteiger partial charge on any atom is 0.407 e. The highest BCUT2D eigenvalue weighted by Crippen LogP contribution is 2.07. The van der Waals surface area contributed by atoms with Crippen LogP contribution in [0.25, 0.3) is 0 Å². The number of nitrogens with zero attached hydrogens (tertiary/aromatic N) is 1. The highest BCUT2D eigenvalue weighted by atomic mass is 16.6. The lowest BCUT2D eigenvalue weighted by molar-refractivity contribution is 0.0502. The van der Waals surface area contributed by atoms with Gasteiger partial charge in [-0.05, 0) is 41.5 Å². The summed E-state index contributed by atoms with van der Waals surface area (Å²) < 4.78 is 5.12. The number of nitrogens with one attached hydrogen (secondary N) is 2. The van der Waals surface area contributed by atoms with Crippen LogP contribution in [0.3, 0.4) is 0 Å². The Morgan fingerprint density at radius 3 is 2.18 bits per heavy atom. The standard InChI is InChI=1S/C12H23N3O2/c1-8(2)14-10(7-13)9(3)15-11(16)17-12(4,5)6/h8-10,14H,1-6H3,(H,15,16). The second kappa shape index (κ2) is 6.45. The van der Waals surface area contributed by atoms with Gasteiger partial charge in [0, 0.05) is 6.04 Å². The van der Waals surface area contributed by atoms with Crippen LogP contribution in [0.15, 0.2) is 0 Å². The third kappa shape index (κ3) is 7.58. The molecule has 0 saturated heterocycles. The van der Waals surface area contributed by atoms with E-state index in [1.165, 1.54) is 0 Å². The third-order valence-electron chi connectivity index (χ3n) is 1.90. The molecule has 5 nitrogen and oxygen atoms in total. The Balaban J connectivity index is 4.28. The number of carbonyl (C=O) groups excluding carboxylic acids is 1. The topological polar surface area (TPSA) is 74.2 Å². The Labute approximate surface area is 104 Å². The van der Waals surface area contributed by atoms with Gasteiger partial charge in [-0.1, -0.05) is 0 Å². The fourth-order valence-electron chi connectivity index (χ4n) is 1.23. The van der Waals surface area contributed by atoms with Crippen molar-refractivity contribution >= 4 is 6.09 Å². The SMILES string of the molecule is CC(C)NC(C#N)C(C)NC(=O)OC(C)(C)C. The van der Waals surface area contributed by atoms with Crippen molar-refractivity contribution in [2.45, 2.75) is 65.3 Å². The van der Waals surface area contributed by atoms with Gasteiger partial charge in [0.15, 0.2) is 0 Å². The molecule has 0 heterocycles. The largest absolute Gasteiger partial charge is 0.444 e. The van der Waals surface area contributed by atoms with Crippen LogP contribution in [0.1, 0.15) is 41.5 Å². The van der Waals surface area contributed by atoms with E-state index >= 15 is 0 Å². The van der Waals surface area contributed by atoms with Gasteiger partial charge in [0.2, 0.25) is 0 Å². The van der Waals surface area contributed by atoms with Gasteiger partial charge in [-0.25, -0.2) is 4.79 Å². The summed E-state index contributed by atoms with van der Waals surface area (Å²) >= 11 is 0. The average Bonchev–Trinajstić information content (AvgIpc) is 2.10. The second-order valence-corrected chi connectivity index (χ2v) is 5.36. The van der Waals surface area contributed by atoms with Crippen LogP contribution in [0, 0.1) is 11.3 Å². The van der Waals surface area contributed by atoms with Crippen LogP contribution in [-0.2, 0) is 4.74 Å². The second-order valence-electron chi connectivity index (χ2n) is 5.36. The van der Waals surface area contributed by atoms with Crippen molar-refractivity contribution in [1.29, 1.82) is 5.26 Å². The first-order valence-corrected chi connectivity index (χ1v) is 5.81. The van der Waals surface area contributed by atoms with Crippen molar-refractivity contribution in [2.24, 2.45) is 0 Å². The van der Waals surface area contributed by atoms with Gasteiger partial charge >= 0.3 is 6.09 Å². The van der Waals surface area contributed by atoms with Gasteiger partial charge in [0.05, 0.1) is 12.1 Å². The summed E-state index contributed by atoms with van der Waals surface area (Å²) in [4.78, 5) is 11.5. The van der Waals surface area contributed by atoms with Gasteiger partial charge in [-0.3, -0.25) is 5.32 Å². The molecule has 0 aliphatic rings. The molecule has 0 radical (unpaired) electrons. The third-order valence-corrected chi connectivity index (χ3v) is 1.90. The summed E-state index contributed by atoms with van der Waals surface area (Å²) in [7, 11) is 0. The molecule has 0 spiro atoms. The van der Waals surface area contributed by atoms with Crippen molar-refractivity contribution in [1.82, 2.24) is 10.6 Å². The summed E-state index contributed by atoms with van der Waals surface area (Å²) in [6.07, 6.45) is -0.504. The highest BCUT2D eigenvalue weighted by molar-refractivity contribution is 5.68. The molecule has 2 unspecified atom stereocenters.